The summed E-state index contributed by atoms with van der Waals surface area (Å²) in [6.07, 6.45) is 1.34. The van der Waals surface area contributed by atoms with Crippen LogP contribution in [0.3, 0.4) is 0 Å². The maximum atomic E-state index is 14.5. The molecule has 0 aromatic heterocycles. The van der Waals surface area contributed by atoms with Crippen LogP contribution in [-0.2, 0) is 15.0 Å². The maximum Gasteiger partial charge on any atom is 0.244 e. The smallest absolute Gasteiger partial charge is 0.244 e. The van der Waals surface area contributed by atoms with Crippen molar-refractivity contribution >= 4 is 46.3 Å². The molecule has 184 valence electrons. The van der Waals surface area contributed by atoms with E-state index in [4.69, 9.17) is 27.9 Å². The van der Waals surface area contributed by atoms with Gasteiger partial charge >= 0.3 is 0 Å². The molecule has 0 aliphatic carbocycles. The predicted octanol–water partition coefficient (Wildman–Crippen LogP) is 4.96. The van der Waals surface area contributed by atoms with Crippen LogP contribution in [0.25, 0.3) is 5.57 Å². The average molecular weight is 527 g/mol. The van der Waals surface area contributed by atoms with E-state index < -0.39 is 29.1 Å². The van der Waals surface area contributed by atoms with Gasteiger partial charge in [-0.3, -0.25) is 9.59 Å². The van der Waals surface area contributed by atoms with E-state index in [-0.39, 0.29) is 13.2 Å². The van der Waals surface area contributed by atoms with Crippen LogP contribution in [0.15, 0.2) is 60.7 Å². The summed E-state index contributed by atoms with van der Waals surface area (Å²) in [5.41, 5.74) is 1.41. The van der Waals surface area contributed by atoms with Crippen LogP contribution >= 0.6 is 23.2 Å². The van der Waals surface area contributed by atoms with Gasteiger partial charge in [-0.25, -0.2) is 4.39 Å². The number of carbonyl (C=O) groups excluding carboxylic acids is 2. The van der Waals surface area contributed by atoms with E-state index >= 15 is 0 Å². The number of anilines is 1. The Bertz CT molecular complexity index is 1440. The summed E-state index contributed by atoms with van der Waals surface area (Å²) in [6.45, 7) is 1.54. The molecule has 5 rings (SSSR count). The van der Waals surface area contributed by atoms with E-state index in [0.717, 1.165) is 0 Å². The van der Waals surface area contributed by atoms with E-state index in [1.165, 1.54) is 18.2 Å². The monoisotopic (exact) mass is 526 g/mol. The van der Waals surface area contributed by atoms with E-state index in [0.29, 0.717) is 49.3 Å². The lowest BCUT2D eigenvalue weighted by atomic mass is 9.63. The highest BCUT2D eigenvalue weighted by atomic mass is 35.5. The Morgan fingerprint density at radius 1 is 1.06 bits per heavy atom. The molecule has 2 atom stereocenters. The quantitative estimate of drug-likeness (QED) is 0.438. The minimum atomic E-state index is -1.51. The van der Waals surface area contributed by atoms with Crippen LogP contribution in [0, 0.1) is 12.7 Å². The third-order valence-corrected chi connectivity index (χ3v) is 7.04. The Kier molecular flexibility index (Phi) is 6.24. The molecular formula is C27H21Cl2FN2O4. The zero-order valence-corrected chi connectivity index (χ0v) is 20.6. The first-order valence-electron chi connectivity index (χ1n) is 11.2. The summed E-state index contributed by atoms with van der Waals surface area (Å²) in [6, 6.07) is 13.2. The second-order valence-electron chi connectivity index (χ2n) is 8.67. The highest BCUT2D eigenvalue weighted by molar-refractivity contribution is 6.32. The number of rotatable bonds is 5. The van der Waals surface area contributed by atoms with Gasteiger partial charge in [0.05, 0.1) is 12.6 Å². The first-order valence-corrected chi connectivity index (χ1v) is 11.9. The van der Waals surface area contributed by atoms with Crippen molar-refractivity contribution in [1.29, 1.82) is 0 Å². The van der Waals surface area contributed by atoms with Crippen molar-refractivity contribution in [1.82, 2.24) is 5.32 Å². The van der Waals surface area contributed by atoms with Crippen LogP contribution in [0.2, 0.25) is 10.0 Å². The third-order valence-electron chi connectivity index (χ3n) is 6.57. The largest absolute Gasteiger partial charge is 0.491 e. The standard InChI is InChI=1S/C27H21Cl2FN2O4/c1-14-2-5-17(30)12-18(14)25-27(20-6-3-16(29)11-22(20)31-26(27)35)21(13-24(34)32-25)19-10-15(28)4-7-23(19)36-9-8-33/h2-7,10-13,25,33H,8-9H2,1H3,(H,31,35)(H,32,34)/t25-,27+/m1/s1. The van der Waals surface area contributed by atoms with E-state index in [1.54, 1.807) is 49.4 Å². The lowest BCUT2D eigenvalue weighted by molar-refractivity contribution is -0.122. The van der Waals surface area contributed by atoms with Crippen molar-refractivity contribution in [2.24, 2.45) is 0 Å². The third kappa shape index (κ3) is 3.84. The fourth-order valence-corrected chi connectivity index (χ4v) is 5.42. The minimum Gasteiger partial charge on any atom is -0.491 e. The highest BCUT2D eigenvalue weighted by Gasteiger charge is 2.58. The Morgan fingerprint density at radius 2 is 1.81 bits per heavy atom. The minimum absolute atomic E-state index is 0.00800. The van der Waals surface area contributed by atoms with Crippen LogP contribution in [0.1, 0.15) is 28.3 Å². The molecule has 0 radical (unpaired) electrons. The van der Waals surface area contributed by atoms with Gasteiger partial charge in [-0.15, -0.1) is 0 Å². The van der Waals surface area contributed by atoms with Gasteiger partial charge < -0.3 is 20.5 Å². The molecule has 2 aliphatic rings. The van der Waals surface area contributed by atoms with Gasteiger partial charge in [-0.05, 0) is 71.7 Å². The molecule has 2 amide bonds. The SMILES string of the molecule is Cc1ccc(F)cc1[C@H]1NC(=O)C=C(c2cc(Cl)ccc2OCCO)[C@]12C(=O)Nc1cc(Cl)ccc12. The van der Waals surface area contributed by atoms with Crippen molar-refractivity contribution < 1.29 is 23.8 Å². The van der Waals surface area contributed by atoms with Gasteiger partial charge in [0.2, 0.25) is 11.8 Å². The number of carbonyl (C=O) groups is 2. The molecule has 2 aliphatic heterocycles. The molecule has 0 unspecified atom stereocenters. The van der Waals surface area contributed by atoms with Gasteiger partial charge in [0.25, 0.3) is 0 Å². The number of halogens is 3. The van der Waals surface area contributed by atoms with E-state index in [2.05, 4.69) is 10.6 Å². The number of aliphatic hydroxyl groups excluding tert-OH is 1. The summed E-state index contributed by atoms with van der Waals surface area (Å²) >= 11 is 12.6. The molecule has 0 fully saturated rings. The number of hydrogen-bond acceptors (Lipinski definition) is 4. The Labute approximate surface area is 216 Å². The molecule has 3 aromatic carbocycles. The Balaban J connectivity index is 1.86. The van der Waals surface area contributed by atoms with Crippen LogP contribution in [0.5, 0.6) is 5.75 Å². The number of aryl methyl sites for hydroxylation is 1. The van der Waals surface area contributed by atoms with Crippen LogP contribution in [0.4, 0.5) is 10.1 Å². The second kappa shape index (κ2) is 9.24. The average Bonchev–Trinajstić information content (AvgIpc) is 3.12. The lowest BCUT2D eigenvalue weighted by Crippen LogP contribution is -2.52. The van der Waals surface area contributed by atoms with Crippen LogP contribution < -0.4 is 15.4 Å². The van der Waals surface area contributed by atoms with Crippen LogP contribution in [-0.4, -0.2) is 30.1 Å². The van der Waals surface area contributed by atoms with Crippen molar-refractivity contribution in [3.05, 3.63) is 98.8 Å². The first-order chi connectivity index (χ1) is 17.2. The summed E-state index contributed by atoms with van der Waals surface area (Å²) < 4.78 is 20.3. The molecule has 0 saturated carbocycles. The number of hydrogen-bond donors (Lipinski definition) is 3. The first kappa shape index (κ1) is 24.3. The number of nitrogens with one attached hydrogen (secondary N) is 2. The lowest BCUT2D eigenvalue weighted by Gasteiger charge is -2.42. The maximum absolute atomic E-state index is 14.5. The molecular weight excluding hydrogens is 506 g/mol. The number of aliphatic hydroxyl groups is 1. The van der Waals surface area contributed by atoms with Gasteiger partial charge in [-0.1, -0.05) is 35.3 Å². The summed E-state index contributed by atoms with van der Waals surface area (Å²) in [4.78, 5) is 27.1. The molecule has 0 saturated heterocycles. The number of amides is 2. The Hall–Kier alpha value is -3.39. The summed E-state index contributed by atoms with van der Waals surface area (Å²) in [5.74, 6) is -1.06. The van der Waals surface area contributed by atoms with Crippen molar-refractivity contribution in [2.45, 2.75) is 18.4 Å². The number of ether oxygens (including phenoxy) is 1. The Morgan fingerprint density at radius 3 is 2.58 bits per heavy atom. The van der Waals surface area contributed by atoms with Crippen molar-refractivity contribution in [3.8, 4) is 5.75 Å². The molecule has 0 bridgehead atoms. The molecule has 3 N–H and O–H groups in total. The number of benzene rings is 3. The second-order valence-corrected chi connectivity index (χ2v) is 9.54. The summed E-state index contributed by atoms with van der Waals surface area (Å²) in [7, 11) is 0. The van der Waals surface area contributed by atoms with Gasteiger partial charge in [0.15, 0.2) is 0 Å². The van der Waals surface area contributed by atoms with Crippen molar-refractivity contribution in [3.63, 3.8) is 0 Å². The van der Waals surface area contributed by atoms with Gasteiger partial charge in [-0.2, -0.15) is 0 Å². The normalized spacial score (nSPS) is 20.6. The number of fused-ring (bicyclic) bond motifs is 2. The van der Waals surface area contributed by atoms with Crippen molar-refractivity contribution in [2.75, 3.05) is 18.5 Å². The summed E-state index contributed by atoms with van der Waals surface area (Å²) in [5, 5.41) is 15.9. The molecule has 2 heterocycles. The molecule has 6 nitrogen and oxygen atoms in total. The molecule has 36 heavy (non-hydrogen) atoms. The fourth-order valence-electron chi connectivity index (χ4n) is 5.07. The predicted molar refractivity (Wildman–Crippen MR) is 136 cm³/mol. The fraction of sp³-hybridized carbons (Fsp3) is 0.185. The molecule has 3 aromatic rings. The zero-order chi connectivity index (χ0) is 25.6. The molecule has 9 heteroatoms. The van der Waals surface area contributed by atoms with E-state index in [9.17, 15) is 19.1 Å². The van der Waals surface area contributed by atoms with Gasteiger partial charge in [0.1, 0.15) is 23.6 Å². The van der Waals surface area contributed by atoms with Gasteiger partial charge in [0, 0.05) is 27.4 Å². The highest BCUT2D eigenvalue weighted by Crippen LogP contribution is 2.57. The molecule has 1 spiro atoms. The topological polar surface area (TPSA) is 87.7 Å². The zero-order valence-electron chi connectivity index (χ0n) is 19.1. The van der Waals surface area contributed by atoms with E-state index in [1.807, 2.05) is 0 Å².